The molecule has 2 aromatic heterocycles. The number of aromatic nitrogens is 3. The number of fused-ring (bicyclic) bond motifs is 1. The first-order chi connectivity index (χ1) is 11.5. The van der Waals surface area contributed by atoms with Crippen molar-refractivity contribution in [3.8, 4) is 22.8 Å². The van der Waals surface area contributed by atoms with E-state index in [0.717, 1.165) is 16.7 Å². The van der Waals surface area contributed by atoms with Crippen LogP contribution in [0.1, 0.15) is 11.1 Å². The molecule has 3 rings (SSSR count). The van der Waals surface area contributed by atoms with Gasteiger partial charge in [0.25, 0.3) is 5.56 Å². The van der Waals surface area contributed by atoms with Gasteiger partial charge < -0.3 is 14.5 Å². The van der Waals surface area contributed by atoms with Crippen LogP contribution < -0.4 is 20.7 Å². The minimum Gasteiger partial charge on any atom is -0.496 e. The molecule has 2 heterocycles. The third-order valence-electron chi connectivity index (χ3n) is 3.95. The molecule has 0 saturated carbocycles. The number of benzene rings is 1. The molecule has 0 aliphatic carbocycles. The van der Waals surface area contributed by atoms with E-state index >= 15 is 0 Å². The second kappa shape index (κ2) is 5.84. The number of aromatic amines is 2. The lowest BCUT2D eigenvalue weighted by Crippen LogP contribution is -2.23. The first kappa shape index (κ1) is 15.8. The van der Waals surface area contributed by atoms with Crippen LogP contribution in [0.4, 0.5) is 0 Å². The summed E-state index contributed by atoms with van der Waals surface area (Å²) >= 11 is 0. The average molecular weight is 327 g/mol. The quantitative estimate of drug-likeness (QED) is 0.766. The molecule has 24 heavy (non-hydrogen) atoms. The highest BCUT2D eigenvalue weighted by Crippen LogP contribution is 2.37. The molecule has 7 heteroatoms. The number of hydrogen-bond donors (Lipinski definition) is 2. The standard InChI is InChI=1S/C17H17N3O4/c1-8-7-11(18-14-13(8)19-17(22)20-16(14)21)10-5-6-12(23-3)9(2)15(10)24-4/h5-7H,1-4H3,(H2,19,20,21,22). The summed E-state index contributed by atoms with van der Waals surface area (Å²) in [7, 11) is 3.17. The number of methoxy groups -OCH3 is 2. The third-order valence-corrected chi connectivity index (χ3v) is 3.95. The molecule has 0 amide bonds. The Balaban J connectivity index is 2.34. The molecule has 3 aromatic rings. The van der Waals surface area contributed by atoms with Gasteiger partial charge in [0.1, 0.15) is 11.5 Å². The monoisotopic (exact) mass is 327 g/mol. The zero-order valence-electron chi connectivity index (χ0n) is 13.8. The van der Waals surface area contributed by atoms with Crippen LogP contribution in [-0.2, 0) is 0 Å². The number of ether oxygens (including phenoxy) is 2. The number of nitrogens with one attached hydrogen (secondary N) is 2. The van der Waals surface area contributed by atoms with Crippen LogP contribution >= 0.6 is 0 Å². The Morgan fingerprint density at radius 3 is 2.46 bits per heavy atom. The van der Waals surface area contributed by atoms with Crippen molar-refractivity contribution in [3.63, 3.8) is 0 Å². The van der Waals surface area contributed by atoms with Crippen molar-refractivity contribution < 1.29 is 9.47 Å². The molecule has 0 saturated heterocycles. The Bertz CT molecular complexity index is 1050. The van der Waals surface area contributed by atoms with Crippen molar-refractivity contribution in [2.24, 2.45) is 0 Å². The van der Waals surface area contributed by atoms with Crippen LogP contribution in [0.2, 0.25) is 0 Å². The Labute approximate surface area is 137 Å². The van der Waals surface area contributed by atoms with Gasteiger partial charge in [-0.1, -0.05) is 0 Å². The fraction of sp³-hybridized carbons (Fsp3) is 0.235. The first-order valence-electron chi connectivity index (χ1n) is 7.32. The van der Waals surface area contributed by atoms with Gasteiger partial charge in [-0.15, -0.1) is 0 Å². The summed E-state index contributed by atoms with van der Waals surface area (Å²) in [5.41, 5.74) is 2.44. The summed E-state index contributed by atoms with van der Waals surface area (Å²) in [4.78, 5) is 32.7. The van der Waals surface area contributed by atoms with Crippen LogP contribution in [0.25, 0.3) is 22.3 Å². The fourth-order valence-corrected chi connectivity index (χ4v) is 2.80. The van der Waals surface area contributed by atoms with Crippen molar-refractivity contribution in [1.29, 1.82) is 0 Å². The van der Waals surface area contributed by atoms with Gasteiger partial charge in [-0.05, 0) is 37.6 Å². The zero-order valence-corrected chi connectivity index (χ0v) is 13.8. The topological polar surface area (TPSA) is 97.1 Å². The van der Waals surface area contributed by atoms with Gasteiger partial charge in [0.05, 0.1) is 25.4 Å². The van der Waals surface area contributed by atoms with E-state index in [0.29, 0.717) is 22.7 Å². The molecule has 124 valence electrons. The molecule has 0 bridgehead atoms. The van der Waals surface area contributed by atoms with E-state index in [-0.39, 0.29) is 5.52 Å². The van der Waals surface area contributed by atoms with E-state index in [9.17, 15) is 9.59 Å². The molecule has 7 nitrogen and oxygen atoms in total. The summed E-state index contributed by atoms with van der Waals surface area (Å²) in [5, 5.41) is 0. The predicted molar refractivity (Wildman–Crippen MR) is 91.0 cm³/mol. The van der Waals surface area contributed by atoms with E-state index in [1.807, 2.05) is 32.0 Å². The van der Waals surface area contributed by atoms with Gasteiger partial charge >= 0.3 is 5.69 Å². The molecule has 0 unspecified atom stereocenters. The number of H-pyrrole nitrogens is 2. The van der Waals surface area contributed by atoms with E-state index in [4.69, 9.17) is 9.47 Å². The lowest BCUT2D eigenvalue weighted by atomic mass is 10.0. The normalized spacial score (nSPS) is 10.8. The number of rotatable bonds is 3. The molecule has 0 aliphatic heterocycles. The van der Waals surface area contributed by atoms with Gasteiger partial charge in [-0.25, -0.2) is 9.78 Å². The Morgan fingerprint density at radius 1 is 1.04 bits per heavy atom. The molecule has 0 aliphatic rings. The van der Waals surface area contributed by atoms with Crippen LogP contribution in [0.15, 0.2) is 27.8 Å². The summed E-state index contributed by atoms with van der Waals surface area (Å²) in [6.07, 6.45) is 0. The fourth-order valence-electron chi connectivity index (χ4n) is 2.80. The summed E-state index contributed by atoms with van der Waals surface area (Å²) in [6, 6.07) is 5.46. The van der Waals surface area contributed by atoms with Gasteiger partial charge in [0.2, 0.25) is 0 Å². The number of aryl methyl sites for hydroxylation is 1. The molecule has 0 atom stereocenters. The minimum atomic E-state index is -0.553. The molecule has 2 N–H and O–H groups in total. The molecule has 1 aromatic carbocycles. The molecular formula is C17H17N3O4. The number of hydrogen-bond acceptors (Lipinski definition) is 5. The lowest BCUT2D eigenvalue weighted by Gasteiger charge is -2.15. The van der Waals surface area contributed by atoms with Crippen LogP contribution in [0.5, 0.6) is 11.5 Å². The average Bonchev–Trinajstić information content (AvgIpc) is 2.55. The highest BCUT2D eigenvalue weighted by atomic mass is 16.5. The van der Waals surface area contributed by atoms with Gasteiger partial charge in [-0.2, -0.15) is 0 Å². The summed E-state index contributed by atoms with van der Waals surface area (Å²) in [5.74, 6) is 1.33. The smallest absolute Gasteiger partial charge is 0.326 e. The first-order valence-corrected chi connectivity index (χ1v) is 7.32. The molecule has 0 spiro atoms. The minimum absolute atomic E-state index is 0.181. The Morgan fingerprint density at radius 2 is 1.79 bits per heavy atom. The maximum Gasteiger partial charge on any atom is 0.326 e. The van der Waals surface area contributed by atoms with Gasteiger partial charge in [-0.3, -0.25) is 9.78 Å². The predicted octanol–water partition coefficient (Wildman–Crippen LogP) is 1.91. The lowest BCUT2D eigenvalue weighted by molar-refractivity contribution is 0.390. The maximum absolute atomic E-state index is 12.1. The van der Waals surface area contributed by atoms with Crippen molar-refractivity contribution >= 4 is 11.0 Å². The largest absolute Gasteiger partial charge is 0.496 e. The van der Waals surface area contributed by atoms with Crippen molar-refractivity contribution in [1.82, 2.24) is 15.0 Å². The van der Waals surface area contributed by atoms with Crippen molar-refractivity contribution in [2.45, 2.75) is 13.8 Å². The van der Waals surface area contributed by atoms with Crippen LogP contribution in [0, 0.1) is 13.8 Å². The Kier molecular flexibility index (Phi) is 3.84. The Hall–Kier alpha value is -3.09. The molecule has 0 fully saturated rings. The molecule has 0 radical (unpaired) electrons. The van der Waals surface area contributed by atoms with E-state index in [1.165, 1.54) is 0 Å². The summed E-state index contributed by atoms with van der Waals surface area (Å²) < 4.78 is 10.8. The number of pyridine rings is 1. The number of nitrogens with zero attached hydrogens (tertiary/aromatic N) is 1. The maximum atomic E-state index is 12.1. The van der Waals surface area contributed by atoms with Crippen LogP contribution in [-0.4, -0.2) is 29.2 Å². The second-order valence-electron chi connectivity index (χ2n) is 5.43. The van der Waals surface area contributed by atoms with Gasteiger partial charge in [0, 0.05) is 11.1 Å². The second-order valence-corrected chi connectivity index (χ2v) is 5.43. The molecular weight excluding hydrogens is 310 g/mol. The van der Waals surface area contributed by atoms with E-state index in [2.05, 4.69) is 15.0 Å². The SMILES string of the molecule is COc1ccc(-c2cc(C)c3[nH]c(=O)[nH]c(=O)c3n2)c(OC)c1C. The zero-order chi connectivity index (χ0) is 17.4. The third kappa shape index (κ3) is 2.44. The summed E-state index contributed by atoms with van der Waals surface area (Å²) in [6.45, 7) is 3.70. The van der Waals surface area contributed by atoms with Crippen molar-refractivity contribution in [2.75, 3.05) is 14.2 Å². The van der Waals surface area contributed by atoms with Crippen molar-refractivity contribution in [3.05, 3.63) is 50.2 Å². The van der Waals surface area contributed by atoms with E-state index < -0.39 is 11.2 Å². The highest BCUT2D eigenvalue weighted by molar-refractivity contribution is 5.82. The van der Waals surface area contributed by atoms with E-state index in [1.54, 1.807) is 14.2 Å². The van der Waals surface area contributed by atoms with Gasteiger partial charge in [0.15, 0.2) is 5.52 Å². The van der Waals surface area contributed by atoms with Crippen LogP contribution in [0.3, 0.4) is 0 Å². The highest BCUT2D eigenvalue weighted by Gasteiger charge is 2.16.